The van der Waals surface area contributed by atoms with Gasteiger partial charge in [0.25, 0.3) is 5.91 Å². The van der Waals surface area contributed by atoms with Crippen LogP contribution in [0.4, 0.5) is 13.2 Å². The van der Waals surface area contributed by atoms with Crippen molar-refractivity contribution in [1.29, 1.82) is 0 Å². The van der Waals surface area contributed by atoms with Crippen LogP contribution in [-0.2, 0) is 21.5 Å². The molecule has 1 aliphatic rings. The lowest BCUT2D eigenvalue weighted by Crippen LogP contribution is -2.47. The lowest BCUT2D eigenvalue weighted by molar-refractivity contribution is -0.192. The molecule has 0 aromatic heterocycles. The summed E-state index contributed by atoms with van der Waals surface area (Å²) in [7, 11) is 0. The zero-order chi connectivity index (χ0) is 28.5. The van der Waals surface area contributed by atoms with Gasteiger partial charge in [-0.25, -0.2) is 4.79 Å². The van der Waals surface area contributed by atoms with Gasteiger partial charge in [0.15, 0.2) is 0 Å². The molecule has 3 rings (SSSR count). The summed E-state index contributed by atoms with van der Waals surface area (Å²) in [4.78, 5) is 38.5. The molecule has 0 saturated carbocycles. The second-order valence-corrected chi connectivity index (χ2v) is 10.3. The van der Waals surface area contributed by atoms with E-state index in [1.54, 1.807) is 4.90 Å². The Bertz CT molecular complexity index is 1100. The lowest BCUT2D eigenvalue weighted by Gasteiger charge is -2.29. The number of amides is 2. The number of nitrogens with zero attached hydrogens (tertiary/aromatic N) is 2. The molecule has 1 fully saturated rings. The number of hydrogen-bond donors (Lipinski definition) is 2. The van der Waals surface area contributed by atoms with E-state index in [0.717, 1.165) is 31.7 Å². The van der Waals surface area contributed by atoms with Crippen LogP contribution in [0, 0.1) is 0 Å². The Morgan fingerprint density at radius 3 is 2.11 bits per heavy atom. The van der Waals surface area contributed by atoms with Crippen LogP contribution in [0.2, 0.25) is 5.02 Å². The van der Waals surface area contributed by atoms with Crippen LogP contribution in [-0.4, -0.2) is 71.6 Å². The Hall–Kier alpha value is -3.11. The molecule has 1 aliphatic heterocycles. The van der Waals surface area contributed by atoms with Crippen LogP contribution >= 0.6 is 11.6 Å². The number of carboxylic acids is 1. The molecule has 2 N–H and O–H groups in total. The van der Waals surface area contributed by atoms with Crippen LogP contribution in [0.25, 0.3) is 0 Å². The van der Waals surface area contributed by atoms with Gasteiger partial charge in [0.2, 0.25) is 5.91 Å². The molecule has 2 aromatic rings. The molecule has 208 valence electrons. The third-order valence-corrected chi connectivity index (χ3v) is 6.09. The number of carbonyl (C=O) groups is 3. The smallest absolute Gasteiger partial charge is 0.475 e. The predicted molar refractivity (Wildman–Crippen MR) is 139 cm³/mol. The Kier molecular flexibility index (Phi) is 11.1. The van der Waals surface area contributed by atoms with Crippen molar-refractivity contribution in [3.05, 3.63) is 70.2 Å². The molecule has 0 bridgehead atoms. The Balaban J connectivity index is 0.000000638. The summed E-state index contributed by atoms with van der Waals surface area (Å²) in [6.45, 7) is 10.3. The minimum atomic E-state index is -5.08. The second kappa shape index (κ2) is 13.6. The van der Waals surface area contributed by atoms with E-state index in [0.29, 0.717) is 30.1 Å². The topological polar surface area (TPSA) is 90.0 Å². The summed E-state index contributed by atoms with van der Waals surface area (Å²) in [5, 5.41) is 11.0. The van der Waals surface area contributed by atoms with Gasteiger partial charge in [-0.3, -0.25) is 9.59 Å². The fourth-order valence-electron chi connectivity index (χ4n) is 3.71. The number of alkyl halides is 3. The highest BCUT2D eigenvalue weighted by Crippen LogP contribution is 2.23. The fourth-order valence-corrected chi connectivity index (χ4v) is 3.92. The third-order valence-electron chi connectivity index (χ3n) is 5.86. The SMILES string of the molecule is CC(C)(C)c1ccc(C(=O)N(CCC(=O)N2CCNCC2)Cc2cccc(Cl)c2)cc1.O=C(O)C(F)(F)F. The van der Waals surface area contributed by atoms with Gasteiger partial charge >= 0.3 is 12.1 Å². The average molecular weight is 556 g/mol. The summed E-state index contributed by atoms with van der Waals surface area (Å²) in [5.74, 6) is -2.74. The fraction of sp³-hybridized carbons (Fsp3) is 0.444. The minimum absolute atomic E-state index is 0.0256. The summed E-state index contributed by atoms with van der Waals surface area (Å²) in [6.07, 6.45) is -4.77. The molecule has 0 radical (unpaired) electrons. The quantitative estimate of drug-likeness (QED) is 0.538. The van der Waals surface area contributed by atoms with Crippen molar-refractivity contribution in [1.82, 2.24) is 15.1 Å². The highest BCUT2D eigenvalue weighted by Gasteiger charge is 2.38. The number of benzene rings is 2. The van der Waals surface area contributed by atoms with Crippen LogP contribution in [0.1, 0.15) is 48.7 Å². The molecule has 0 unspecified atom stereocenters. The van der Waals surface area contributed by atoms with E-state index >= 15 is 0 Å². The van der Waals surface area contributed by atoms with Gasteiger partial charge in [-0.05, 0) is 40.8 Å². The van der Waals surface area contributed by atoms with Crippen LogP contribution < -0.4 is 5.32 Å². The van der Waals surface area contributed by atoms with Gasteiger partial charge in [-0.1, -0.05) is 56.6 Å². The maximum absolute atomic E-state index is 13.3. The first-order valence-corrected chi connectivity index (χ1v) is 12.5. The number of carbonyl (C=O) groups excluding carboxylic acids is 2. The molecule has 1 saturated heterocycles. The first-order valence-electron chi connectivity index (χ1n) is 12.1. The van der Waals surface area contributed by atoms with Crippen molar-refractivity contribution in [2.75, 3.05) is 32.7 Å². The summed E-state index contributed by atoms with van der Waals surface area (Å²) in [5.41, 5.74) is 2.78. The predicted octanol–water partition coefficient (Wildman–Crippen LogP) is 4.74. The molecular formula is C27H33ClF3N3O4. The summed E-state index contributed by atoms with van der Waals surface area (Å²) >= 11 is 6.14. The van der Waals surface area contributed by atoms with E-state index in [1.165, 1.54) is 5.56 Å². The van der Waals surface area contributed by atoms with E-state index < -0.39 is 12.1 Å². The normalized spacial score (nSPS) is 13.8. The number of carboxylic acid groups (broad SMARTS) is 1. The van der Waals surface area contributed by atoms with E-state index in [4.69, 9.17) is 21.5 Å². The largest absolute Gasteiger partial charge is 0.490 e. The highest BCUT2D eigenvalue weighted by atomic mass is 35.5. The van der Waals surface area contributed by atoms with Crippen molar-refractivity contribution >= 4 is 29.4 Å². The first-order chi connectivity index (χ1) is 17.7. The molecular weight excluding hydrogens is 523 g/mol. The summed E-state index contributed by atoms with van der Waals surface area (Å²) in [6, 6.07) is 15.3. The molecule has 0 aliphatic carbocycles. The number of aliphatic carboxylic acids is 1. The monoisotopic (exact) mass is 555 g/mol. The molecule has 2 aromatic carbocycles. The van der Waals surface area contributed by atoms with Crippen LogP contribution in [0.15, 0.2) is 48.5 Å². The van der Waals surface area contributed by atoms with Gasteiger partial charge in [0.1, 0.15) is 0 Å². The Morgan fingerprint density at radius 2 is 1.61 bits per heavy atom. The zero-order valence-electron chi connectivity index (χ0n) is 21.6. The standard InChI is InChI=1S/C25H32ClN3O2.C2HF3O2/c1-25(2,3)21-9-7-20(8-10-21)24(31)29(18-19-5-4-6-22(26)17-19)14-11-23(30)28-15-12-27-13-16-28;3-2(4,5)1(6)7/h4-10,17,27H,11-16,18H2,1-3H3;(H,6,7). The van der Waals surface area contributed by atoms with E-state index in [9.17, 15) is 22.8 Å². The van der Waals surface area contributed by atoms with E-state index in [-0.39, 0.29) is 17.2 Å². The number of piperazine rings is 1. The third kappa shape index (κ3) is 9.98. The zero-order valence-corrected chi connectivity index (χ0v) is 22.4. The first kappa shape index (κ1) is 31.1. The lowest BCUT2D eigenvalue weighted by atomic mass is 9.86. The van der Waals surface area contributed by atoms with Crippen molar-refractivity contribution in [3.63, 3.8) is 0 Å². The molecule has 2 amide bonds. The average Bonchev–Trinajstić information content (AvgIpc) is 2.86. The molecule has 0 spiro atoms. The van der Waals surface area contributed by atoms with Crippen LogP contribution in [0.5, 0.6) is 0 Å². The van der Waals surface area contributed by atoms with Gasteiger partial charge in [-0.15, -0.1) is 0 Å². The molecule has 38 heavy (non-hydrogen) atoms. The van der Waals surface area contributed by atoms with Crippen molar-refractivity contribution < 1.29 is 32.7 Å². The van der Waals surface area contributed by atoms with Crippen LogP contribution in [0.3, 0.4) is 0 Å². The number of nitrogens with one attached hydrogen (secondary N) is 1. The molecule has 0 atom stereocenters. The maximum Gasteiger partial charge on any atom is 0.490 e. The summed E-state index contributed by atoms with van der Waals surface area (Å²) < 4.78 is 31.7. The number of hydrogen-bond acceptors (Lipinski definition) is 4. The molecule has 11 heteroatoms. The van der Waals surface area contributed by atoms with Gasteiger partial charge < -0.3 is 20.2 Å². The van der Waals surface area contributed by atoms with E-state index in [1.807, 2.05) is 53.4 Å². The van der Waals surface area contributed by atoms with Crippen molar-refractivity contribution in [3.8, 4) is 0 Å². The number of rotatable bonds is 6. The van der Waals surface area contributed by atoms with Gasteiger partial charge in [0, 0.05) is 56.3 Å². The van der Waals surface area contributed by atoms with Crippen molar-refractivity contribution in [2.45, 2.75) is 45.3 Å². The highest BCUT2D eigenvalue weighted by molar-refractivity contribution is 6.30. The second-order valence-electron chi connectivity index (χ2n) is 9.87. The Labute approximate surface area is 225 Å². The van der Waals surface area contributed by atoms with Gasteiger partial charge in [-0.2, -0.15) is 13.2 Å². The molecule has 7 nitrogen and oxygen atoms in total. The molecule has 1 heterocycles. The van der Waals surface area contributed by atoms with Crippen molar-refractivity contribution in [2.24, 2.45) is 0 Å². The van der Waals surface area contributed by atoms with E-state index in [2.05, 4.69) is 26.1 Å². The minimum Gasteiger partial charge on any atom is -0.475 e. The Morgan fingerprint density at radius 1 is 1.03 bits per heavy atom. The maximum atomic E-state index is 13.3. The number of halogens is 4. The van der Waals surface area contributed by atoms with Gasteiger partial charge in [0.05, 0.1) is 0 Å².